The van der Waals surface area contributed by atoms with Crippen LogP contribution in [0.5, 0.6) is 11.5 Å². The molecule has 1 amide bonds. The van der Waals surface area contributed by atoms with Gasteiger partial charge in [0.1, 0.15) is 47.4 Å². The molecule has 0 bridgehead atoms. The summed E-state index contributed by atoms with van der Waals surface area (Å²) < 4.78 is 66.6. The van der Waals surface area contributed by atoms with Crippen LogP contribution in [0.15, 0.2) is 97.8 Å². The van der Waals surface area contributed by atoms with Crippen molar-refractivity contribution in [2.75, 3.05) is 18.5 Å². The standard InChI is InChI=1S/C35H28F2N6O7S/c1-49-30-4-3-5-31(50-2)32(30)25-11-6-20(26-17-38-13-12-24(25)26)14-29(35(45)46)41-34(44)33-27(36)15-23(16-28(33)37)43(51(47)48)22-9-7-21(8-10-22)42-19-39-18-40-42/h3-13,15-19,29H,14H2,1-2H3,(H,41,44)(H,45,46)(H,47,48). The number of nitrogens with zero attached hydrogens (tertiary/aromatic N) is 5. The summed E-state index contributed by atoms with van der Waals surface area (Å²) in [5.74, 6) is -4.47. The van der Waals surface area contributed by atoms with Gasteiger partial charge in [0.2, 0.25) is 0 Å². The fourth-order valence-electron chi connectivity index (χ4n) is 5.72. The van der Waals surface area contributed by atoms with Gasteiger partial charge >= 0.3 is 5.97 Å². The topological polar surface area (TPSA) is 169 Å². The fraction of sp³-hybridized carbons (Fsp3) is 0.114. The Morgan fingerprint density at radius 3 is 2.22 bits per heavy atom. The third kappa shape index (κ3) is 6.95. The second kappa shape index (κ2) is 14.7. The van der Waals surface area contributed by atoms with Gasteiger partial charge in [0.15, 0.2) is 0 Å². The molecule has 2 atom stereocenters. The molecule has 0 saturated carbocycles. The summed E-state index contributed by atoms with van der Waals surface area (Å²) in [7, 11) is 3.05. The zero-order chi connectivity index (χ0) is 36.2. The smallest absolute Gasteiger partial charge is 0.326 e. The normalized spacial score (nSPS) is 12.3. The summed E-state index contributed by atoms with van der Waals surface area (Å²) in [6.45, 7) is 0. The summed E-state index contributed by atoms with van der Waals surface area (Å²) in [6, 6.07) is 16.3. The molecule has 0 spiro atoms. The summed E-state index contributed by atoms with van der Waals surface area (Å²) in [4.78, 5) is 33.7. The van der Waals surface area contributed by atoms with Crippen molar-refractivity contribution in [3.8, 4) is 28.3 Å². The zero-order valence-electron chi connectivity index (χ0n) is 26.9. The minimum absolute atomic E-state index is 0.0959. The molecule has 4 aromatic carbocycles. The van der Waals surface area contributed by atoms with Crippen LogP contribution in [0.2, 0.25) is 0 Å². The fourth-order valence-corrected chi connectivity index (χ4v) is 6.31. The lowest BCUT2D eigenvalue weighted by Gasteiger charge is -2.22. The molecule has 16 heteroatoms. The van der Waals surface area contributed by atoms with Crippen molar-refractivity contribution >= 4 is 45.3 Å². The van der Waals surface area contributed by atoms with Gasteiger partial charge in [-0.05, 0) is 71.1 Å². The van der Waals surface area contributed by atoms with Crippen LogP contribution >= 0.6 is 0 Å². The lowest BCUT2D eigenvalue weighted by molar-refractivity contribution is -0.139. The van der Waals surface area contributed by atoms with Crippen LogP contribution in [0.1, 0.15) is 15.9 Å². The monoisotopic (exact) mass is 714 g/mol. The number of aliphatic carboxylic acids is 1. The summed E-state index contributed by atoms with van der Waals surface area (Å²) in [5, 5.41) is 17.5. The molecule has 0 aliphatic carbocycles. The van der Waals surface area contributed by atoms with E-state index in [0.717, 1.165) is 9.87 Å². The Bertz CT molecular complexity index is 2230. The van der Waals surface area contributed by atoms with Crippen LogP contribution in [0.25, 0.3) is 27.6 Å². The molecule has 6 rings (SSSR count). The van der Waals surface area contributed by atoms with Gasteiger partial charge in [-0.2, -0.15) is 5.10 Å². The number of aromatic nitrogens is 4. The minimum atomic E-state index is -2.78. The number of benzene rings is 4. The maximum absolute atomic E-state index is 15.5. The van der Waals surface area contributed by atoms with E-state index in [2.05, 4.69) is 20.4 Å². The molecule has 0 fully saturated rings. The second-order valence-electron chi connectivity index (χ2n) is 11.0. The van der Waals surface area contributed by atoms with Crippen LogP contribution in [0.4, 0.5) is 20.2 Å². The van der Waals surface area contributed by atoms with Crippen LogP contribution in [-0.2, 0) is 22.5 Å². The number of methoxy groups -OCH3 is 2. The summed E-state index contributed by atoms with van der Waals surface area (Å²) in [5.41, 5.74) is 1.07. The molecule has 13 nitrogen and oxygen atoms in total. The highest BCUT2D eigenvalue weighted by Gasteiger charge is 2.28. The number of rotatable bonds is 12. The van der Waals surface area contributed by atoms with Crippen molar-refractivity contribution in [2.24, 2.45) is 0 Å². The Morgan fingerprint density at radius 1 is 0.941 bits per heavy atom. The first-order valence-corrected chi connectivity index (χ1v) is 16.1. The number of fused-ring (bicyclic) bond motifs is 1. The molecule has 51 heavy (non-hydrogen) atoms. The lowest BCUT2D eigenvalue weighted by Crippen LogP contribution is -2.43. The van der Waals surface area contributed by atoms with E-state index in [1.165, 1.54) is 43.7 Å². The van der Waals surface area contributed by atoms with Gasteiger partial charge in [-0.15, -0.1) is 0 Å². The van der Waals surface area contributed by atoms with E-state index < -0.39 is 46.4 Å². The number of hydrogen-bond donors (Lipinski definition) is 3. The Balaban J connectivity index is 1.28. The molecule has 6 aromatic rings. The first kappa shape index (κ1) is 34.6. The van der Waals surface area contributed by atoms with E-state index in [1.807, 2.05) is 0 Å². The van der Waals surface area contributed by atoms with Crippen molar-refractivity contribution < 1.29 is 41.7 Å². The Morgan fingerprint density at radius 2 is 1.63 bits per heavy atom. The van der Waals surface area contributed by atoms with Crippen molar-refractivity contribution in [1.82, 2.24) is 25.1 Å². The molecule has 0 aliphatic heterocycles. The van der Waals surface area contributed by atoms with Crippen LogP contribution in [0, 0.1) is 11.6 Å². The predicted octanol–water partition coefficient (Wildman–Crippen LogP) is 5.48. The number of hydrogen-bond acceptors (Lipinski definition) is 8. The number of carboxylic acid groups (broad SMARTS) is 1. The van der Waals surface area contributed by atoms with Crippen molar-refractivity contribution in [2.45, 2.75) is 12.5 Å². The van der Waals surface area contributed by atoms with E-state index >= 15 is 8.78 Å². The van der Waals surface area contributed by atoms with Crippen molar-refractivity contribution in [1.29, 1.82) is 0 Å². The van der Waals surface area contributed by atoms with Crippen LogP contribution < -0.4 is 19.1 Å². The number of amides is 1. The van der Waals surface area contributed by atoms with Gasteiger partial charge in [-0.25, -0.2) is 31.8 Å². The molecule has 0 saturated heterocycles. The van der Waals surface area contributed by atoms with Crippen LogP contribution in [-0.4, -0.2) is 65.8 Å². The largest absolute Gasteiger partial charge is 0.496 e. The predicted molar refractivity (Wildman–Crippen MR) is 184 cm³/mol. The number of carbonyl (C=O) groups excluding carboxylic acids is 1. The molecule has 0 aliphatic rings. The highest BCUT2D eigenvalue weighted by atomic mass is 32.2. The van der Waals surface area contributed by atoms with E-state index in [1.54, 1.807) is 60.9 Å². The number of nitrogens with one attached hydrogen (secondary N) is 1. The third-order valence-corrected chi connectivity index (χ3v) is 8.78. The highest BCUT2D eigenvalue weighted by Crippen LogP contribution is 2.42. The molecule has 2 heterocycles. The maximum atomic E-state index is 15.5. The van der Waals surface area contributed by atoms with Gasteiger partial charge < -0.3 is 19.9 Å². The molecule has 2 aromatic heterocycles. The number of carbonyl (C=O) groups is 2. The third-order valence-electron chi connectivity index (χ3n) is 8.05. The van der Waals surface area contributed by atoms with E-state index in [4.69, 9.17) is 9.47 Å². The maximum Gasteiger partial charge on any atom is 0.326 e. The van der Waals surface area contributed by atoms with E-state index in [0.29, 0.717) is 51.2 Å². The Labute approximate surface area is 291 Å². The minimum Gasteiger partial charge on any atom is -0.496 e. The zero-order valence-corrected chi connectivity index (χ0v) is 27.7. The van der Waals surface area contributed by atoms with Gasteiger partial charge in [-0.1, -0.05) is 18.2 Å². The first-order valence-electron chi connectivity index (χ1n) is 15.1. The van der Waals surface area contributed by atoms with Gasteiger partial charge in [0.05, 0.1) is 36.8 Å². The quantitative estimate of drug-likeness (QED) is 0.138. The number of pyridine rings is 1. The molecular weight excluding hydrogens is 686 g/mol. The van der Waals surface area contributed by atoms with E-state index in [9.17, 15) is 23.5 Å². The highest BCUT2D eigenvalue weighted by molar-refractivity contribution is 7.81. The summed E-state index contributed by atoms with van der Waals surface area (Å²) >= 11 is -2.78. The number of halogens is 2. The second-order valence-corrected chi connectivity index (χ2v) is 11.8. The van der Waals surface area contributed by atoms with Crippen LogP contribution in [0.3, 0.4) is 0 Å². The SMILES string of the molecule is COc1cccc(OC)c1-c1ccc(CC(NC(=O)c2c(F)cc(N(c3ccc(-n4cncn4)cc3)S(=O)O)cc2F)C(=O)O)c2cnccc12. The van der Waals surface area contributed by atoms with Gasteiger partial charge in [0.25, 0.3) is 17.2 Å². The van der Waals surface area contributed by atoms with Crippen molar-refractivity contribution in [3.63, 3.8) is 0 Å². The molecule has 0 radical (unpaired) electrons. The average Bonchev–Trinajstić information content (AvgIpc) is 3.66. The summed E-state index contributed by atoms with van der Waals surface area (Å²) in [6.07, 6.45) is 5.62. The molecular formula is C35H28F2N6O7S. The Hall–Kier alpha value is -6.26. The lowest BCUT2D eigenvalue weighted by atomic mass is 9.92. The van der Waals surface area contributed by atoms with E-state index in [-0.39, 0.29) is 17.8 Å². The number of carboxylic acids is 1. The molecule has 260 valence electrons. The van der Waals surface area contributed by atoms with Gasteiger partial charge in [0, 0.05) is 24.2 Å². The average molecular weight is 715 g/mol. The first-order chi connectivity index (χ1) is 24.6. The van der Waals surface area contributed by atoms with Crippen molar-refractivity contribution in [3.05, 3.63) is 121 Å². The Kier molecular flexibility index (Phi) is 9.97. The molecule has 3 N–H and O–H groups in total. The molecule has 2 unspecified atom stereocenters. The number of ether oxygens (including phenoxy) is 2. The number of anilines is 2. The van der Waals surface area contributed by atoms with Gasteiger partial charge in [-0.3, -0.25) is 14.3 Å².